The molecule has 0 aromatic heterocycles. The average molecular weight is 213 g/mol. The molecule has 0 fully saturated rings. The first-order valence-corrected chi connectivity index (χ1v) is 6.80. The second-order valence-corrected chi connectivity index (χ2v) is 4.93. The predicted molar refractivity (Wildman–Crippen MR) is 59.9 cm³/mol. The van der Waals surface area contributed by atoms with Gasteiger partial charge in [-0.25, -0.2) is 0 Å². The van der Waals surface area contributed by atoms with Crippen LogP contribution in [0.3, 0.4) is 0 Å². The van der Waals surface area contributed by atoms with E-state index in [2.05, 4.69) is 34.9 Å². The Morgan fingerprint density at radius 2 is 2.17 bits per heavy atom. The molecule has 1 aliphatic heterocycles. The Kier molecular flexibility index (Phi) is 2.68. The fourth-order valence-corrected chi connectivity index (χ4v) is 3.70. The smallest absolute Gasteiger partial charge is 0.113 e. The predicted octanol–water partition coefficient (Wildman–Crippen LogP) is 3.47. The van der Waals surface area contributed by atoms with Crippen LogP contribution in [0.4, 0.5) is 0 Å². The van der Waals surface area contributed by atoms with E-state index in [-0.39, 0.29) is 0 Å². The van der Waals surface area contributed by atoms with E-state index in [1.165, 1.54) is 10.5 Å². The van der Waals surface area contributed by atoms with Gasteiger partial charge in [-0.3, -0.25) is 0 Å². The SMILES string of the molecule is CSC1=NSSc2ccccc21. The van der Waals surface area contributed by atoms with Gasteiger partial charge < -0.3 is 0 Å². The lowest BCUT2D eigenvalue weighted by Gasteiger charge is -2.12. The molecule has 0 amide bonds. The van der Waals surface area contributed by atoms with Crippen LogP contribution < -0.4 is 0 Å². The molecule has 2 rings (SSSR count). The van der Waals surface area contributed by atoms with Gasteiger partial charge >= 0.3 is 0 Å². The number of benzene rings is 1. The number of thioether (sulfide) groups is 1. The molecule has 0 saturated heterocycles. The van der Waals surface area contributed by atoms with Crippen molar-refractivity contribution in [3.05, 3.63) is 29.8 Å². The van der Waals surface area contributed by atoms with Crippen molar-refractivity contribution < 1.29 is 0 Å². The summed E-state index contributed by atoms with van der Waals surface area (Å²) in [7, 11) is 3.28. The zero-order chi connectivity index (χ0) is 8.39. The summed E-state index contributed by atoms with van der Waals surface area (Å²) in [5.41, 5.74) is 1.27. The van der Waals surface area contributed by atoms with Crippen molar-refractivity contribution >= 4 is 38.6 Å². The Hall–Kier alpha value is -0.0600. The monoisotopic (exact) mass is 213 g/mol. The highest BCUT2D eigenvalue weighted by atomic mass is 33.1. The molecule has 4 heteroatoms. The summed E-state index contributed by atoms with van der Waals surface area (Å²) >= 11 is 1.70. The molecule has 1 aromatic carbocycles. The van der Waals surface area contributed by atoms with Crippen LogP contribution in [0.5, 0.6) is 0 Å². The third-order valence-corrected chi connectivity index (χ3v) is 4.22. The Bertz CT molecular complexity index is 322. The van der Waals surface area contributed by atoms with Gasteiger partial charge in [0.2, 0.25) is 0 Å². The van der Waals surface area contributed by atoms with Crippen molar-refractivity contribution in [3.8, 4) is 0 Å². The summed E-state index contributed by atoms with van der Waals surface area (Å²) in [6, 6.07) is 8.38. The molecule has 62 valence electrons. The molecule has 0 N–H and O–H groups in total. The number of hydrogen-bond acceptors (Lipinski definition) is 4. The van der Waals surface area contributed by atoms with Crippen molar-refractivity contribution in [1.29, 1.82) is 0 Å². The molecule has 0 unspecified atom stereocenters. The van der Waals surface area contributed by atoms with Crippen LogP contribution in [0.2, 0.25) is 0 Å². The average Bonchev–Trinajstić information content (AvgIpc) is 2.17. The molecule has 0 atom stereocenters. The molecule has 1 heterocycles. The van der Waals surface area contributed by atoms with Crippen LogP contribution in [0.1, 0.15) is 5.56 Å². The van der Waals surface area contributed by atoms with Gasteiger partial charge in [0.15, 0.2) is 0 Å². The number of rotatable bonds is 0. The molecular weight excluding hydrogens is 206 g/mol. The summed E-state index contributed by atoms with van der Waals surface area (Å²) in [6.45, 7) is 0. The van der Waals surface area contributed by atoms with Crippen LogP contribution in [-0.4, -0.2) is 11.3 Å². The molecule has 0 spiro atoms. The largest absolute Gasteiger partial charge is 0.197 e. The molecule has 1 aliphatic rings. The molecular formula is C8H7NS3. The second-order valence-electron chi connectivity index (χ2n) is 2.25. The first-order chi connectivity index (χ1) is 5.92. The molecule has 12 heavy (non-hydrogen) atoms. The van der Waals surface area contributed by atoms with E-state index in [1.807, 2.05) is 0 Å². The zero-order valence-electron chi connectivity index (χ0n) is 6.48. The number of hydrogen-bond donors (Lipinski definition) is 0. The maximum Gasteiger partial charge on any atom is 0.113 e. The fraction of sp³-hybridized carbons (Fsp3) is 0.125. The lowest BCUT2D eigenvalue weighted by atomic mass is 10.2. The van der Waals surface area contributed by atoms with Crippen LogP contribution in [-0.2, 0) is 0 Å². The molecule has 1 aromatic rings. The van der Waals surface area contributed by atoms with E-state index >= 15 is 0 Å². The van der Waals surface area contributed by atoms with Crippen LogP contribution in [0.25, 0.3) is 0 Å². The summed E-state index contributed by atoms with van der Waals surface area (Å²) in [5, 5.41) is 1.13. The lowest BCUT2D eigenvalue weighted by molar-refractivity contribution is 1.44. The standard InChI is InChI=1S/C8H7NS3/c1-10-8-6-4-2-3-5-7(6)11-12-9-8/h2-5H,1H3. The first kappa shape index (κ1) is 8.53. The van der Waals surface area contributed by atoms with Gasteiger partial charge in [0.05, 0.1) is 11.0 Å². The summed E-state index contributed by atoms with van der Waals surface area (Å²) in [5.74, 6) is 0. The van der Waals surface area contributed by atoms with Crippen LogP contribution in [0.15, 0.2) is 33.6 Å². The maximum absolute atomic E-state index is 4.35. The van der Waals surface area contributed by atoms with Crippen LogP contribution >= 0.6 is 33.5 Å². The van der Waals surface area contributed by atoms with Gasteiger partial charge in [0.1, 0.15) is 5.04 Å². The topological polar surface area (TPSA) is 12.4 Å². The third-order valence-electron chi connectivity index (χ3n) is 1.56. The van der Waals surface area contributed by atoms with E-state index in [0.717, 1.165) is 5.04 Å². The van der Waals surface area contributed by atoms with Crippen molar-refractivity contribution in [3.63, 3.8) is 0 Å². The van der Waals surface area contributed by atoms with Gasteiger partial charge in [-0.2, -0.15) is 4.40 Å². The highest BCUT2D eigenvalue weighted by Gasteiger charge is 2.13. The van der Waals surface area contributed by atoms with E-state index in [0.29, 0.717) is 0 Å². The molecule has 0 saturated carbocycles. The fourth-order valence-electron chi connectivity index (χ4n) is 1.01. The van der Waals surface area contributed by atoms with E-state index in [4.69, 9.17) is 0 Å². The quantitative estimate of drug-likeness (QED) is 0.483. The van der Waals surface area contributed by atoms with E-state index < -0.39 is 0 Å². The van der Waals surface area contributed by atoms with Crippen molar-refractivity contribution in [2.75, 3.05) is 6.26 Å². The first-order valence-electron chi connectivity index (χ1n) is 3.47. The number of nitrogens with zero attached hydrogens (tertiary/aromatic N) is 1. The minimum absolute atomic E-state index is 1.13. The molecule has 0 bridgehead atoms. The highest BCUT2D eigenvalue weighted by molar-refractivity contribution is 8.76. The van der Waals surface area contributed by atoms with Gasteiger partial charge in [-0.05, 0) is 23.1 Å². The Labute approximate surface area is 84.0 Å². The van der Waals surface area contributed by atoms with Crippen LogP contribution in [0, 0.1) is 0 Å². The van der Waals surface area contributed by atoms with Gasteiger partial charge in [0, 0.05) is 10.5 Å². The molecule has 0 radical (unpaired) electrons. The van der Waals surface area contributed by atoms with E-state index in [1.54, 1.807) is 33.5 Å². The zero-order valence-corrected chi connectivity index (χ0v) is 8.93. The number of fused-ring (bicyclic) bond motifs is 1. The van der Waals surface area contributed by atoms with Gasteiger partial charge in [-0.1, -0.05) is 18.2 Å². The summed E-state index contributed by atoms with van der Waals surface area (Å²) < 4.78 is 4.35. The van der Waals surface area contributed by atoms with Crippen molar-refractivity contribution in [2.45, 2.75) is 4.90 Å². The lowest BCUT2D eigenvalue weighted by Crippen LogP contribution is -1.97. The Morgan fingerprint density at radius 1 is 1.33 bits per heavy atom. The second kappa shape index (κ2) is 3.77. The third kappa shape index (κ3) is 1.51. The van der Waals surface area contributed by atoms with Gasteiger partial charge in [0.25, 0.3) is 0 Å². The summed E-state index contributed by atoms with van der Waals surface area (Å²) in [4.78, 5) is 1.32. The van der Waals surface area contributed by atoms with Crippen molar-refractivity contribution in [2.24, 2.45) is 4.40 Å². The summed E-state index contributed by atoms with van der Waals surface area (Å²) in [6.07, 6.45) is 2.06. The maximum atomic E-state index is 4.35. The highest BCUT2D eigenvalue weighted by Crippen LogP contribution is 2.40. The van der Waals surface area contributed by atoms with E-state index in [9.17, 15) is 0 Å². The van der Waals surface area contributed by atoms with Crippen molar-refractivity contribution in [1.82, 2.24) is 0 Å². The molecule has 0 aliphatic carbocycles. The minimum Gasteiger partial charge on any atom is -0.197 e. The normalized spacial score (nSPS) is 15.2. The molecule has 1 nitrogen and oxygen atoms in total. The van der Waals surface area contributed by atoms with Gasteiger partial charge in [-0.15, -0.1) is 11.8 Å². The Morgan fingerprint density at radius 3 is 3.00 bits per heavy atom. The minimum atomic E-state index is 1.13. The Balaban J connectivity index is 2.48.